The number of carbonyl (C=O) groups is 1. The Morgan fingerprint density at radius 3 is 2.75 bits per heavy atom. The van der Waals surface area contributed by atoms with Crippen molar-refractivity contribution in [3.05, 3.63) is 47.9 Å². The number of hydrogen-bond donors (Lipinski definition) is 0. The van der Waals surface area contributed by atoms with E-state index < -0.39 is 28.4 Å². The predicted molar refractivity (Wildman–Crippen MR) is 82.4 cm³/mol. The van der Waals surface area contributed by atoms with Crippen LogP contribution in [-0.4, -0.2) is 30.3 Å². The van der Waals surface area contributed by atoms with E-state index in [2.05, 4.69) is 4.98 Å². The zero-order valence-electron chi connectivity index (χ0n) is 12.5. The number of anilines is 2. The molecule has 9 heteroatoms. The highest BCUT2D eigenvalue weighted by atomic mass is 32.2. The number of pyridine rings is 1. The van der Waals surface area contributed by atoms with Gasteiger partial charge in [0.2, 0.25) is 0 Å². The van der Waals surface area contributed by atoms with E-state index in [4.69, 9.17) is 5.26 Å². The lowest BCUT2D eigenvalue weighted by molar-refractivity contribution is 0.233. The zero-order valence-corrected chi connectivity index (χ0v) is 13.3. The van der Waals surface area contributed by atoms with Crippen LogP contribution in [0.1, 0.15) is 5.56 Å². The summed E-state index contributed by atoms with van der Waals surface area (Å²) < 4.78 is 39.4. The lowest BCUT2D eigenvalue weighted by Gasteiger charge is -2.34. The van der Waals surface area contributed by atoms with Gasteiger partial charge in [0.1, 0.15) is 17.3 Å². The van der Waals surface area contributed by atoms with Crippen molar-refractivity contribution in [1.82, 2.24) is 9.29 Å². The van der Waals surface area contributed by atoms with Crippen LogP contribution >= 0.6 is 0 Å². The van der Waals surface area contributed by atoms with Gasteiger partial charge >= 0.3 is 6.03 Å². The number of sulfonamides is 1. The second-order valence-electron chi connectivity index (χ2n) is 5.05. The Kier molecular flexibility index (Phi) is 3.69. The Morgan fingerprint density at radius 1 is 1.33 bits per heavy atom. The number of rotatable bonds is 2. The van der Waals surface area contributed by atoms with Crippen LogP contribution in [0.3, 0.4) is 0 Å². The van der Waals surface area contributed by atoms with E-state index in [9.17, 15) is 17.6 Å². The normalized spacial score (nSPS) is 15.8. The maximum Gasteiger partial charge on any atom is 0.345 e. The van der Waals surface area contributed by atoms with Gasteiger partial charge in [0.05, 0.1) is 11.8 Å². The summed E-state index contributed by atoms with van der Waals surface area (Å²) >= 11 is 0. The van der Waals surface area contributed by atoms with Gasteiger partial charge in [0, 0.05) is 6.20 Å². The monoisotopic (exact) mass is 346 g/mol. The van der Waals surface area contributed by atoms with E-state index in [1.54, 1.807) is 13.0 Å². The lowest BCUT2D eigenvalue weighted by Crippen LogP contribution is -2.49. The number of amides is 2. The molecule has 0 fully saturated rings. The highest BCUT2D eigenvalue weighted by Gasteiger charge is 2.43. The molecule has 1 aliphatic rings. The molecule has 0 unspecified atom stereocenters. The van der Waals surface area contributed by atoms with E-state index in [0.717, 1.165) is 11.0 Å². The molecule has 0 spiro atoms. The molecular formula is C15H11FN4O3S. The minimum atomic E-state index is -4.19. The predicted octanol–water partition coefficient (Wildman–Crippen LogP) is 2.32. The lowest BCUT2D eigenvalue weighted by atomic mass is 10.2. The Balaban J connectivity index is 2.27. The third kappa shape index (κ3) is 2.28. The third-order valence-corrected chi connectivity index (χ3v) is 5.30. The molecule has 7 nitrogen and oxygen atoms in total. The molecule has 1 aromatic carbocycles. The van der Waals surface area contributed by atoms with Gasteiger partial charge in [0.15, 0.2) is 5.82 Å². The molecule has 122 valence electrons. The molecular weight excluding hydrogens is 335 g/mol. The minimum Gasteiger partial charge on any atom is -0.246 e. The number of nitrogens with zero attached hydrogens (tertiary/aromatic N) is 4. The van der Waals surface area contributed by atoms with Crippen molar-refractivity contribution in [1.29, 1.82) is 5.26 Å². The van der Waals surface area contributed by atoms with E-state index in [-0.39, 0.29) is 16.4 Å². The van der Waals surface area contributed by atoms with Crippen LogP contribution in [0.25, 0.3) is 0 Å². The smallest absolute Gasteiger partial charge is 0.246 e. The van der Waals surface area contributed by atoms with Crippen LogP contribution in [0.15, 0.2) is 41.4 Å². The van der Waals surface area contributed by atoms with Crippen molar-refractivity contribution >= 4 is 27.6 Å². The number of fused-ring (bicyclic) bond motifs is 1. The van der Waals surface area contributed by atoms with Gasteiger partial charge in [-0.1, -0.05) is 6.07 Å². The third-order valence-electron chi connectivity index (χ3n) is 3.56. The van der Waals surface area contributed by atoms with Gasteiger partial charge < -0.3 is 0 Å². The molecule has 1 aromatic heterocycles. The summed E-state index contributed by atoms with van der Waals surface area (Å²) in [6, 6.07) is 7.44. The molecule has 0 radical (unpaired) electrons. The summed E-state index contributed by atoms with van der Waals surface area (Å²) in [5, 5.41) is 8.85. The van der Waals surface area contributed by atoms with Gasteiger partial charge in [-0.3, -0.25) is 0 Å². The van der Waals surface area contributed by atoms with Crippen molar-refractivity contribution in [2.75, 3.05) is 11.4 Å². The Labute approximate surface area is 137 Å². The molecule has 2 amide bonds. The highest BCUT2D eigenvalue weighted by Crippen LogP contribution is 2.37. The second-order valence-corrected chi connectivity index (χ2v) is 6.88. The quantitative estimate of drug-likeness (QED) is 0.778. The van der Waals surface area contributed by atoms with Gasteiger partial charge in [-0.25, -0.2) is 31.8 Å². The van der Waals surface area contributed by atoms with Crippen molar-refractivity contribution in [3.63, 3.8) is 0 Å². The van der Waals surface area contributed by atoms with Crippen molar-refractivity contribution < 1.29 is 17.6 Å². The average Bonchev–Trinajstić information content (AvgIpc) is 2.55. The van der Waals surface area contributed by atoms with Gasteiger partial charge in [-0.2, -0.15) is 5.26 Å². The maximum atomic E-state index is 13.9. The van der Waals surface area contributed by atoms with E-state index in [1.807, 2.05) is 0 Å². The van der Waals surface area contributed by atoms with Gasteiger partial charge in [0.25, 0.3) is 10.0 Å². The molecule has 24 heavy (non-hydrogen) atoms. The summed E-state index contributed by atoms with van der Waals surface area (Å²) in [6.45, 7) is 0.913. The highest BCUT2D eigenvalue weighted by molar-refractivity contribution is 7.90. The number of aryl methyl sites for hydroxylation is 1. The van der Waals surface area contributed by atoms with Crippen molar-refractivity contribution in [3.8, 4) is 6.07 Å². The Hall–Kier alpha value is -2.99. The van der Waals surface area contributed by atoms with Crippen LogP contribution in [0.2, 0.25) is 0 Å². The summed E-state index contributed by atoms with van der Waals surface area (Å²) in [7, 11) is -4.19. The standard InChI is InChI=1S/C15H11FN4O3S/c1-10-4-5-11(9-12(10)16)20-14-13(3-2-7-18-14)24(22,23)19(8-6-17)15(20)21/h2-5,7,9H,8H2,1H3. The van der Waals surface area contributed by atoms with Crippen LogP contribution < -0.4 is 4.90 Å². The molecule has 0 aliphatic carbocycles. The maximum absolute atomic E-state index is 13.9. The number of hydrogen-bond acceptors (Lipinski definition) is 5. The van der Waals surface area contributed by atoms with Crippen LogP contribution in [0.4, 0.5) is 20.7 Å². The fourth-order valence-corrected chi connectivity index (χ4v) is 3.72. The fourth-order valence-electron chi connectivity index (χ4n) is 2.35. The fraction of sp³-hybridized carbons (Fsp3) is 0.133. The zero-order chi connectivity index (χ0) is 17.5. The number of carbonyl (C=O) groups excluding carboxylic acids is 1. The number of halogens is 1. The summed E-state index contributed by atoms with van der Waals surface area (Å²) in [5.74, 6) is -0.669. The Morgan fingerprint density at radius 2 is 2.08 bits per heavy atom. The van der Waals surface area contributed by atoms with Crippen molar-refractivity contribution in [2.24, 2.45) is 0 Å². The van der Waals surface area contributed by atoms with Crippen LogP contribution in [0, 0.1) is 24.1 Å². The molecule has 0 saturated carbocycles. The SMILES string of the molecule is Cc1ccc(N2C(=O)N(CC#N)S(=O)(=O)c3cccnc32)cc1F. The molecule has 0 saturated heterocycles. The molecule has 1 aliphatic heterocycles. The van der Waals surface area contributed by atoms with Crippen molar-refractivity contribution in [2.45, 2.75) is 11.8 Å². The first-order chi connectivity index (χ1) is 11.4. The topological polar surface area (TPSA) is 94.4 Å². The largest absolute Gasteiger partial charge is 0.345 e. The summed E-state index contributed by atoms with van der Waals surface area (Å²) in [5.41, 5.74) is 0.506. The van der Waals surface area contributed by atoms with Gasteiger partial charge in [-0.05, 0) is 36.8 Å². The van der Waals surface area contributed by atoms with Gasteiger partial charge in [-0.15, -0.1) is 0 Å². The van der Waals surface area contributed by atoms with Crippen LogP contribution in [-0.2, 0) is 10.0 Å². The number of nitriles is 1. The van der Waals surface area contributed by atoms with Crippen LogP contribution in [0.5, 0.6) is 0 Å². The first-order valence-electron chi connectivity index (χ1n) is 6.83. The summed E-state index contributed by atoms with van der Waals surface area (Å²) in [6.07, 6.45) is 1.33. The number of urea groups is 1. The molecule has 2 aromatic rings. The molecule has 2 heterocycles. The van der Waals surface area contributed by atoms with E-state index in [1.165, 1.54) is 30.5 Å². The van der Waals surface area contributed by atoms with E-state index >= 15 is 0 Å². The first kappa shape index (κ1) is 15.9. The average molecular weight is 346 g/mol. The number of benzene rings is 1. The summed E-state index contributed by atoms with van der Waals surface area (Å²) in [4.78, 5) is 17.4. The van der Waals surface area contributed by atoms with E-state index in [0.29, 0.717) is 9.87 Å². The first-order valence-corrected chi connectivity index (χ1v) is 8.27. The molecule has 0 bridgehead atoms. The number of aromatic nitrogens is 1. The second kappa shape index (κ2) is 5.58. The molecule has 0 N–H and O–H groups in total. The molecule has 0 atom stereocenters. The molecule has 3 rings (SSSR count). The minimum absolute atomic E-state index is 0.125. The Bertz CT molecular complexity index is 984.